The molecule has 1 aromatic heterocycles. The van der Waals surface area contributed by atoms with Gasteiger partial charge in [0.15, 0.2) is 5.16 Å². The maximum atomic E-state index is 13.0. The Morgan fingerprint density at radius 2 is 1.70 bits per heavy atom. The summed E-state index contributed by atoms with van der Waals surface area (Å²) < 4.78 is 1.83. The number of benzene rings is 2. The summed E-state index contributed by atoms with van der Waals surface area (Å²) in [5.41, 5.74) is 3.56. The highest BCUT2D eigenvalue weighted by Crippen LogP contribution is 2.26. The lowest BCUT2D eigenvalue weighted by Crippen LogP contribution is -2.25. The van der Waals surface area contributed by atoms with Gasteiger partial charge in [0, 0.05) is 12.3 Å². The van der Waals surface area contributed by atoms with Gasteiger partial charge in [-0.2, -0.15) is 0 Å². The van der Waals surface area contributed by atoms with E-state index in [1.165, 1.54) is 11.1 Å². The van der Waals surface area contributed by atoms with E-state index in [1.807, 2.05) is 28.8 Å². The number of para-hydroxylation sites is 1. The van der Waals surface area contributed by atoms with Crippen molar-refractivity contribution in [3.05, 3.63) is 70.0 Å². The summed E-state index contributed by atoms with van der Waals surface area (Å²) in [4.78, 5) is 17.7. The highest BCUT2D eigenvalue weighted by molar-refractivity contribution is 7.98. The second-order valence-electron chi connectivity index (χ2n) is 8.46. The zero-order chi connectivity index (χ0) is 19.6. The summed E-state index contributed by atoms with van der Waals surface area (Å²) >= 11 is 1.64. The molecule has 0 aliphatic rings. The first-order valence-electron chi connectivity index (χ1n) is 9.47. The molecule has 0 unspecified atom stereocenters. The van der Waals surface area contributed by atoms with E-state index >= 15 is 0 Å². The molecule has 3 rings (SSSR count). The lowest BCUT2D eigenvalue weighted by atomic mass is 9.87. The number of hydrogen-bond donors (Lipinski definition) is 0. The van der Waals surface area contributed by atoms with Gasteiger partial charge in [0.25, 0.3) is 5.56 Å². The van der Waals surface area contributed by atoms with Crippen molar-refractivity contribution in [3.63, 3.8) is 0 Å². The van der Waals surface area contributed by atoms with Gasteiger partial charge in [-0.1, -0.05) is 82.8 Å². The van der Waals surface area contributed by atoms with Crippen LogP contribution >= 0.6 is 11.8 Å². The fourth-order valence-electron chi connectivity index (χ4n) is 3.03. The van der Waals surface area contributed by atoms with E-state index in [0.29, 0.717) is 17.8 Å². The van der Waals surface area contributed by atoms with Crippen molar-refractivity contribution in [1.82, 2.24) is 9.55 Å². The van der Waals surface area contributed by atoms with Crippen LogP contribution in [-0.2, 0) is 17.7 Å². The highest BCUT2D eigenvalue weighted by atomic mass is 32.2. The van der Waals surface area contributed by atoms with Crippen molar-refractivity contribution in [1.29, 1.82) is 0 Å². The molecule has 0 amide bonds. The van der Waals surface area contributed by atoms with Crippen LogP contribution in [0.25, 0.3) is 10.9 Å². The van der Waals surface area contributed by atoms with E-state index in [-0.39, 0.29) is 11.0 Å². The highest BCUT2D eigenvalue weighted by Gasteiger charge is 2.14. The van der Waals surface area contributed by atoms with E-state index in [9.17, 15) is 4.79 Å². The lowest BCUT2D eigenvalue weighted by Gasteiger charge is -2.19. The summed E-state index contributed by atoms with van der Waals surface area (Å²) in [5, 5.41) is 1.49. The molecule has 3 aromatic rings. The summed E-state index contributed by atoms with van der Waals surface area (Å²) in [6.07, 6.45) is 0. The predicted octanol–water partition coefficient (Wildman–Crippen LogP) is 5.64. The Balaban J connectivity index is 1.90. The first-order valence-corrected chi connectivity index (χ1v) is 10.5. The molecule has 0 aliphatic carbocycles. The van der Waals surface area contributed by atoms with Gasteiger partial charge in [-0.05, 0) is 34.6 Å². The van der Waals surface area contributed by atoms with Crippen molar-refractivity contribution in [2.45, 2.75) is 57.5 Å². The number of aromatic nitrogens is 2. The minimum Gasteiger partial charge on any atom is -0.287 e. The van der Waals surface area contributed by atoms with Crippen LogP contribution in [0.1, 0.15) is 45.7 Å². The molecule has 0 saturated carbocycles. The molecule has 4 heteroatoms. The van der Waals surface area contributed by atoms with Crippen molar-refractivity contribution in [2.75, 3.05) is 0 Å². The normalized spacial score (nSPS) is 12.1. The number of nitrogens with zero attached hydrogens (tertiary/aromatic N) is 2. The Labute approximate surface area is 165 Å². The monoisotopic (exact) mass is 380 g/mol. The third kappa shape index (κ3) is 4.62. The van der Waals surface area contributed by atoms with E-state index in [2.05, 4.69) is 58.9 Å². The Morgan fingerprint density at radius 1 is 1.04 bits per heavy atom. The van der Waals surface area contributed by atoms with Gasteiger partial charge >= 0.3 is 0 Å². The third-order valence-electron chi connectivity index (χ3n) is 4.56. The SMILES string of the molecule is CC(C)Cn1c(SCc2ccc(C(C)(C)C)cc2)nc2ccccc2c1=O. The molecule has 142 valence electrons. The molecular weight excluding hydrogens is 352 g/mol. The molecule has 0 aliphatic heterocycles. The summed E-state index contributed by atoms with van der Waals surface area (Å²) in [5.74, 6) is 1.18. The Kier molecular flexibility index (Phi) is 5.75. The molecule has 0 saturated heterocycles. The molecule has 0 spiro atoms. The van der Waals surface area contributed by atoms with Crippen LogP contribution in [0, 0.1) is 5.92 Å². The van der Waals surface area contributed by atoms with Gasteiger partial charge in [-0.25, -0.2) is 4.98 Å². The molecule has 0 bridgehead atoms. The standard InChI is InChI=1S/C23H28N2OS/c1-16(2)14-25-21(26)19-8-6-7-9-20(19)24-22(25)27-15-17-10-12-18(13-11-17)23(3,4)5/h6-13,16H,14-15H2,1-5H3. The summed E-state index contributed by atoms with van der Waals surface area (Å²) in [7, 11) is 0. The van der Waals surface area contributed by atoms with Gasteiger partial charge in [0.05, 0.1) is 10.9 Å². The molecule has 0 radical (unpaired) electrons. The van der Waals surface area contributed by atoms with E-state index in [4.69, 9.17) is 4.98 Å². The van der Waals surface area contributed by atoms with Gasteiger partial charge in [-0.15, -0.1) is 0 Å². The molecule has 3 nitrogen and oxygen atoms in total. The largest absolute Gasteiger partial charge is 0.287 e. The molecule has 0 atom stereocenters. The van der Waals surface area contributed by atoms with Crippen LogP contribution in [0.5, 0.6) is 0 Å². The zero-order valence-electron chi connectivity index (χ0n) is 16.8. The Hall–Kier alpha value is -2.07. The van der Waals surface area contributed by atoms with Crippen LogP contribution in [0.2, 0.25) is 0 Å². The van der Waals surface area contributed by atoms with E-state index < -0.39 is 0 Å². The minimum atomic E-state index is 0.0554. The van der Waals surface area contributed by atoms with Gasteiger partial charge in [0.1, 0.15) is 0 Å². The molecule has 2 aromatic carbocycles. The van der Waals surface area contributed by atoms with E-state index in [0.717, 1.165) is 16.4 Å². The van der Waals surface area contributed by atoms with E-state index in [1.54, 1.807) is 11.8 Å². The molecular formula is C23H28N2OS. The Morgan fingerprint density at radius 3 is 2.33 bits per heavy atom. The maximum Gasteiger partial charge on any atom is 0.262 e. The summed E-state index contributed by atoms with van der Waals surface area (Å²) in [6, 6.07) is 16.4. The average Bonchev–Trinajstić information content (AvgIpc) is 2.62. The molecule has 27 heavy (non-hydrogen) atoms. The molecule has 0 N–H and O–H groups in total. The number of thioether (sulfide) groups is 1. The van der Waals surface area contributed by atoms with Crippen molar-refractivity contribution in [3.8, 4) is 0 Å². The van der Waals surface area contributed by atoms with Crippen LogP contribution < -0.4 is 5.56 Å². The minimum absolute atomic E-state index is 0.0554. The van der Waals surface area contributed by atoms with Crippen LogP contribution in [0.4, 0.5) is 0 Å². The van der Waals surface area contributed by atoms with Gasteiger partial charge in [-0.3, -0.25) is 9.36 Å². The van der Waals surface area contributed by atoms with Crippen molar-refractivity contribution < 1.29 is 0 Å². The fourth-order valence-corrected chi connectivity index (χ4v) is 4.00. The smallest absolute Gasteiger partial charge is 0.262 e. The number of hydrogen-bond acceptors (Lipinski definition) is 3. The lowest BCUT2D eigenvalue weighted by molar-refractivity contribution is 0.475. The molecule has 0 fully saturated rings. The topological polar surface area (TPSA) is 34.9 Å². The number of rotatable bonds is 5. The maximum absolute atomic E-state index is 13.0. The van der Waals surface area contributed by atoms with Crippen molar-refractivity contribution >= 4 is 22.7 Å². The third-order valence-corrected chi connectivity index (χ3v) is 5.61. The predicted molar refractivity (Wildman–Crippen MR) is 116 cm³/mol. The Bertz CT molecular complexity index is 982. The quantitative estimate of drug-likeness (QED) is 0.424. The van der Waals surface area contributed by atoms with Crippen LogP contribution in [0.3, 0.4) is 0 Å². The van der Waals surface area contributed by atoms with Gasteiger partial charge < -0.3 is 0 Å². The van der Waals surface area contributed by atoms with Crippen LogP contribution in [0.15, 0.2) is 58.5 Å². The first kappa shape index (κ1) is 19.7. The summed E-state index contributed by atoms with van der Waals surface area (Å²) in [6.45, 7) is 11.6. The van der Waals surface area contributed by atoms with Crippen LogP contribution in [-0.4, -0.2) is 9.55 Å². The molecule has 1 heterocycles. The first-order chi connectivity index (χ1) is 12.8. The van der Waals surface area contributed by atoms with Gasteiger partial charge in [0.2, 0.25) is 0 Å². The second-order valence-corrected chi connectivity index (χ2v) is 9.40. The zero-order valence-corrected chi connectivity index (χ0v) is 17.6. The average molecular weight is 381 g/mol. The number of fused-ring (bicyclic) bond motifs is 1. The second kappa shape index (κ2) is 7.89. The fraction of sp³-hybridized carbons (Fsp3) is 0.391. The van der Waals surface area contributed by atoms with Crippen molar-refractivity contribution in [2.24, 2.45) is 5.92 Å².